The summed E-state index contributed by atoms with van der Waals surface area (Å²) in [6.07, 6.45) is 5.97. The van der Waals surface area contributed by atoms with E-state index in [1.165, 1.54) is 34.8 Å². The fourth-order valence-corrected chi connectivity index (χ4v) is 2.84. The van der Waals surface area contributed by atoms with Crippen molar-refractivity contribution in [2.45, 2.75) is 32.7 Å². The van der Waals surface area contributed by atoms with Gasteiger partial charge in [-0.1, -0.05) is 6.92 Å². The molecule has 1 aromatic heterocycles. The fourth-order valence-electron chi connectivity index (χ4n) is 1.42. The van der Waals surface area contributed by atoms with Gasteiger partial charge < -0.3 is 5.32 Å². The number of thiophene rings is 1. The SMILES string of the molecule is CCc1ccc(CNCCCCSC)s1. The van der Waals surface area contributed by atoms with E-state index in [1.54, 1.807) is 0 Å². The van der Waals surface area contributed by atoms with Crippen LogP contribution < -0.4 is 5.32 Å². The van der Waals surface area contributed by atoms with Crippen LogP contribution in [0.3, 0.4) is 0 Å². The van der Waals surface area contributed by atoms with Gasteiger partial charge in [0, 0.05) is 16.3 Å². The largest absolute Gasteiger partial charge is 0.312 e. The van der Waals surface area contributed by atoms with Crippen LogP contribution in [0.15, 0.2) is 12.1 Å². The number of rotatable bonds is 8. The summed E-state index contributed by atoms with van der Waals surface area (Å²) in [6.45, 7) is 4.41. The first-order valence-corrected chi connectivity index (χ1v) is 7.85. The van der Waals surface area contributed by atoms with Gasteiger partial charge in [0.25, 0.3) is 0 Å². The maximum atomic E-state index is 3.50. The predicted octanol–water partition coefficient (Wildman–Crippen LogP) is 3.54. The predicted molar refractivity (Wildman–Crippen MR) is 73.0 cm³/mol. The summed E-state index contributed by atoms with van der Waals surface area (Å²) in [4.78, 5) is 2.96. The second-order valence-corrected chi connectivity index (χ2v) is 5.84. The minimum atomic E-state index is 1.05. The summed E-state index contributed by atoms with van der Waals surface area (Å²) < 4.78 is 0. The molecule has 0 fully saturated rings. The van der Waals surface area contributed by atoms with Crippen molar-refractivity contribution in [3.8, 4) is 0 Å². The quantitative estimate of drug-likeness (QED) is 0.701. The highest BCUT2D eigenvalue weighted by atomic mass is 32.2. The van der Waals surface area contributed by atoms with Crippen molar-refractivity contribution >= 4 is 23.1 Å². The van der Waals surface area contributed by atoms with Gasteiger partial charge in [-0.3, -0.25) is 0 Å². The summed E-state index contributed by atoms with van der Waals surface area (Å²) in [6, 6.07) is 4.49. The van der Waals surface area contributed by atoms with Crippen LogP contribution >= 0.6 is 23.1 Å². The molecule has 0 amide bonds. The lowest BCUT2D eigenvalue weighted by molar-refractivity contribution is 0.648. The molecule has 0 radical (unpaired) electrons. The van der Waals surface area contributed by atoms with Crippen LogP contribution in [0.4, 0.5) is 0 Å². The zero-order valence-corrected chi connectivity index (χ0v) is 11.3. The average Bonchev–Trinajstić information content (AvgIpc) is 2.71. The zero-order chi connectivity index (χ0) is 10.9. The van der Waals surface area contributed by atoms with E-state index in [2.05, 4.69) is 30.6 Å². The molecule has 0 unspecified atom stereocenters. The Hall–Kier alpha value is 0.01000. The molecule has 1 aromatic rings. The van der Waals surface area contributed by atoms with Gasteiger partial charge in [0.05, 0.1) is 0 Å². The Labute approximate surface area is 102 Å². The molecule has 0 atom stereocenters. The van der Waals surface area contributed by atoms with Crippen LogP contribution in [0.5, 0.6) is 0 Å². The van der Waals surface area contributed by atoms with Crippen molar-refractivity contribution < 1.29 is 0 Å². The van der Waals surface area contributed by atoms with Crippen molar-refractivity contribution in [2.24, 2.45) is 0 Å². The summed E-state index contributed by atoms with van der Waals surface area (Å²) in [5, 5.41) is 3.50. The Morgan fingerprint density at radius 1 is 1.27 bits per heavy atom. The minimum Gasteiger partial charge on any atom is -0.312 e. The van der Waals surface area contributed by atoms with E-state index in [1.807, 2.05) is 23.1 Å². The topological polar surface area (TPSA) is 12.0 Å². The molecule has 0 aliphatic heterocycles. The third kappa shape index (κ3) is 5.59. The van der Waals surface area contributed by atoms with Crippen molar-refractivity contribution in [3.63, 3.8) is 0 Å². The molecule has 3 heteroatoms. The van der Waals surface area contributed by atoms with E-state index in [0.29, 0.717) is 0 Å². The highest BCUT2D eigenvalue weighted by Gasteiger charge is 1.97. The molecule has 0 bridgehead atoms. The fraction of sp³-hybridized carbons (Fsp3) is 0.667. The summed E-state index contributed by atoms with van der Waals surface area (Å²) in [7, 11) is 0. The summed E-state index contributed by atoms with van der Waals surface area (Å²) in [5.74, 6) is 1.29. The standard InChI is InChI=1S/C12H21NS2/c1-3-11-6-7-12(15-11)10-13-8-4-5-9-14-2/h6-7,13H,3-5,8-10H2,1-2H3. The molecule has 1 nitrogen and oxygen atoms in total. The number of unbranched alkanes of at least 4 members (excludes halogenated alkanes) is 1. The van der Waals surface area contributed by atoms with Gasteiger partial charge in [0.15, 0.2) is 0 Å². The lowest BCUT2D eigenvalue weighted by atomic mass is 10.3. The van der Waals surface area contributed by atoms with E-state index < -0.39 is 0 Å². The molecular formula is C12H21NS2. The average molecular weight is 243 g/mol. The maximum absolute atomic E-state index is 3.50. The number of hydrogen-bond donors (Lipinski definition) is 1. The lowest BCUT2D eigenvalue weighted by Gasteiger charge is -2.02. The van der Waals surface area contributed by atoms with Gasteiger partial charge in [0.1, 0.15) is 0 Å². The highest BCUT2D eigenvalue weighted by molar-refractivity contribution is 7.98. The molecule has 0 aliphatic carbocycles. The van der Waals surface area contributed by atoms with E-state index in [9.17, 15) is 0 Å². The minimum absolute atomic E-state index is 1.05. The van der Waals surface area contributed by atoms with Crippen molar-refractivity contribution in [1.82, 2.24) is 5.32 Å². The van der Waals surface area contributed by atoms with E-state index >= 15 is 0 Å². The van der Waals surface area contributed by atoms with E-state index in [4.69, 9.17) is 0 Å². The molecular weight excluding hydrogens is 222 g/mol. The zero-order valence-electron chi connectivity index (χ0n) is 9.71. The van der Waals surface area contributed by atoms with Crippen molar-refractivity contribution in [2.75, 3.05) is 18.6 Å². The lowest BCUT2D eigenvalue weighted by Crippen LogP contribution is -2.13. The maximum Gasteiger partial charge on any atom is 0.0299 e. The van der Waals surface area contributed by atoms with Crippen LogP contribution in [0, 0.1) is 0 Å². The molecule has 15 heavy (non-hydrogen) atoms. The Morgan fingerprint density at radius 3 is 2.73 bits per heavy atom. The van der Waals surface area contributed by atoms with Crippen LogP contribution in [-0.4, -0.2) is 18.6 Å². The Balaban J connectivity index is 2.04. The molecule has 1 heterocycles. The van der Waals surface area contributed by atoms with Gasteiger partial charge in [0.2, 0.25) is 0 Å². The Morgan fingerprint density at radius 2 is 2.07 bits per heavy atom. The highest BCUT2D eigenvalue weighted by Crippen LogP contribution is 2.16. The monoisotopic (exact) mass is 243 g/mol. The number of hydrogen-bond acceptors (Lipinski definition) is 3. The van der Waals surface area contributed by atoms with Gasteiger partial charge in [-0.25, -0.2) is 0 Å². The first-order chi connectivity index (χ1) is 7.36. The van der Waals surface area contributed by atoms with Crippen molar-refractivity contribution in [1.29, 1.82) is 0 Å². The van der Waals surface area contributed by atoms with Crippen LogP contribution in [0.1, 0.15) is 29.5 Å². The van der Waals surface area contributed by atoms with E-state index in [0.717, 1.165) is 13.1 Å². The molecule has 0 saturated carbocycles. The van der Waals surface area contributed by atoms with Gasteiger partial charge in [-0.2, -0.15) is 11.8 Å². The van der Waals surface area contributed by atoms with Crippen LogP contribution in [-0.2, 0) is 13.0 Å². The van der Waals surface area contributed by atoms with Gasteiger partial charge >= 0.3 is 0 Å². The first-order valence-electron chi connectivity index (χ1n) is 5.64. The third-order valence-corrected chi connectivity index (χ3v) is 4.24. The third-order valence-electron chi connectivity index (χ3n) is 2.32. The molecule has 0 aromatic carbocycles. The normalized spacial score (nSPS) is 10.8. The number of thioether (sulfide) groups is 1. The second kappa shape index (κ2) is 8.20. The smallest absolute Gasteiger partial charge is 0.0299 e. The number of aryl methyl sites for hydroxylation is 1. The van der Waals surface area contributed by atoms with Crippen LogP contribution in [0.25, 0.3) is 0 Å². The molecule has 1 rings (SSSR count). The number of nitrogens with one attached hydrogen (secondary N) is 1. The van der Waals surface area contributed by atoms with Gasteiger partial charge in [-0.05, 0) is 49.9 Å². The van der Waals surface area contributed by atoms with Crippen LogP contribution in [0.2, 0.25) is 0 Å². The Bertz CT molecular complexity index is 258. The van der Waals surface area contributed by atoms with Gasteiger partial charge in [-0.15, -0.1) is 11.3 Å². The molecule has 1 N–H and O–H groups in total. The van der Waals surface area contributed by atoms with Crippen molar-refractivity contribution in [3.05, 3.63) is 21.9 Å². The first kappa shape index (κ1) is 13.1. The Kier molecular flexibility index (Phi) is 7.14. The second-order valence-electron chi connectivity index (χ2n) is 3.60. The molecule has 0 aliphatic rings. The van der Waals surface area contributed by atoms with E-state index in [-0.39, 0.29) is 0 Å². The molecule has 0 saturated heterocycles. The molecule has 0 spiro atoms. The summed E-state index contributed by atoms with van der Waals surface area (Å²) in [5.41, 5.74) is 0. The molecule has 86 valence electrons. The summed E-state index contributed by atoms with van der Waals surface area (Å²) >= 11 is 3.87.